The smallest absolute Gasteiger partial charge is 0.479 e. The zero-order valence-corrected chi connectivity index (χ0v) is 13.7. The topological polar surface area (TPSA) is 102 Å². The third-order valence-corrected chi connectivity index (χ3v) is 4.73. The lowest BCUT2D eigenvalue weighted by Crippen LogP contribution is -2.65. The fraction of sp³-hybridized carbons (Fsp3) is 0.389. The van der Waals surface area contributed by atoms with Gasteiger partial charge in [-0.25, -0.2) is 9.59 Å². The highest BCUT2D eigenvalue weighted by Gasteiger charge is 2.64. The van der Waals surface area contributed by atoms with Crippen molar-refractivity contribution in [2.24, 2.45) is 11.8 Å². The summed E-state index contributed by atoms with van der Waals surface area (Å²) in [5.41, 5.74) is -1.37. The molecule has 7 heteroatoms. The Labute approximate surface area is 144 Å². The summed E-state index contributed by atoms with van der Waals surface area (Å²) in [7, 11) is 0. The van der Waals surface area contributed by atoms with Crippen LogP contribution in [0, 0.1) is 11.8 Å². The van der Waals surface area contributed by atoms with Gasteiger partial charge in [-0.3, -0.25) is 4.79 Å². The molecule has 132 valence electrons. The SMILES string of the molecule is CCOC(=O)O[C@H]1[C@H]2C=C[C@H](C2)[C@]1(NC(=O)c1ccccc1)C(=O)O. The van der Waals surface area contributed by atoms with E-state index in [1.807, 2.05) is 6.08 Å². The number of benzene rings is 1. The maximum Gasteiger partial charge on any atom is 0.508 e. The molecular formula is C18H19NO6. The Balaban J connectivity index is 1.91. The lowest BCUT2D eigenvalue weighted by Gasteiger charge is -2.37. The number of ether oxygens (including phenoxy) is 2. The lowest BCUT2D eigenvalue weighted by molar-refractivity contribution is -0.151. The fourth-order valence-corrected chi connectivity index (χ4v) is 3.62. The minimum Gasteiger partial charge on any atom is -0.479 e. The van der Waals surface area contributed by atoms with Crippen LogP contribution in [0.4, 0.5) is 4.79 Å². The van der Waals surface area contributed by atoms with E-state index in [9.17, 15) is 19.5 Å². The van der Waals surface area contributed by atoms with Gasteiger partial charge in [0.05, 0.1) is 6.61 Å². The zero-order chi connectivity index (χ0) is 18.0. The number of fused-ring (bicyclic) bond motifs is 2. The van der Waals surface area contributed by atoms with E-state index in [0.29, 0.717) is 12.0 Å². The largest absolute Gasteiger partial charge is 0.508 e. The quantitative estimate of drug-likeness (QED) is 0.625. The third-order valence-electron chi connectivity index (χ3n) is 4.73. The summed E-state index contributed by atoms with van der Waals surface area (Å²) in [6, 6.07) is 8.33. The van der Waals surface area contributed by atoms with Gasteiger partial charge in [-0.05, 0) is 25.5 Å². The summed E-state index contributed by atoms with van der Waals surface area (Å²) < 4.78 is 10.1. The molecule has 2 aliphatic rings. The van der Waals surface area contributed by atoms with Crippen molar-refractivity contribution in [2.45, 2.75) is 25.0 Å². The van der Waals surface area contributed by atoms with Crippen LogP contribution in [0.5, 0.6) is 0 Å². The molecule has 4 atom stereocenters. The molecule has 0 saturated heterocycles. The van der Waals surface area contributed by atoms with E-state index in [1.165, 1.54) is 0 Å². The second-order valence-corrected chi connectivity index (χ2v) is 6.11. The summed E-state index contributed by atoms with van der Waals surface area (Å²) >= 11 is 0. The molecule has 0 spiro atoms. The average molecular weight is 345 g/mol. The number of carbonyl (C=O) groups is 3. The first-order valence-corrected chi connectivity index (χ1v) is 8.11. The molecule has 2 N–H and O–H groups in total. The number of amides is 1. The van der Waals surface area contributed by atoms with Crippen molar-refractivity contribution in [1.29, 1.82) is 0 Å². The van der Waals surface area contributed by atoms with Crippen molar-refractivity contribution in [2.75, 3.05) is 6.61 Å². The predicted octanol–water partition coefficient (Wildman–Crippen LogP) is 1.99. The summed E-state index contributed by atoms with van der Waals surface area (Å²) in [5, 5.41) is 12.5. The van der Waals surface area contributed by atoms with Crippen LogP contribution in [0.2, 0.25) is 0 Å². The van der Waals surface area contributed by atoms with E-state index in [0.717, 1.165) is 0 Å². The summed E-state index contributed by atoms with van der Waals surface area (Å²) in [4.78, 5) is 36.5. The first-order chi connectivity index (χ1) is 12.0. The number of aliphatic carboxylic acids is 1. The molecule has 2 aliphatic carbocycles. The maximum absolute atomic E-state index is 12.6. The van der Waals surface area contributed by atoms with Crippen LogP contribution in [-0.4, -0.2) is 41.4 Å². The number of carboxylic acid groups (broad SMARTS) is 1. The van der Waals surface area contributed by atoms with Crippen molar-refractivity contribution in [3.63, 3.8) is 0 Å². The van der Waals surface area contributed by atoms with Crippen molar-refractivity contribution in [1.82, 2.24) is 5.32 Å². The van der Waals surface area contributed by atoms with Crippen LogP contribution in [0.1, 0.15) is 23.7 Å². The molecule has 0 aromatic heterocycles. The number of nitrogens with one attached hydrogen (secondary N) is 1. The summed E-state index contributed by atoms with van der Waals surface area (Å²) in [5.74, 6) is -2.49. The molecule has 0 unspecified atom stereocenters. The molecule has 0 heterocycles. The summed E-state index contributed by atoms with van der Waals surface area (Å²) in [6.45, 7) is 1.75. The van der Waals surface area contributed by atoms with Gasteiger partial charge in [0, 0.05) is 17.4 Å². The molecule has 1 amide bonds. The predicted molar refractivity (Wildman–Crippen MR) is 86.9 cm³/mol. The zero-order valence-electron chi connectivity index (χ0n) is 13.7. The van der Waals surface area contributed by atoms with Gasteiger partial charge in [-0.15, -0.1) is 0 Å². The Morgan fingerprint density at radius 2 is 1.96 bits per heavy atom. The van der Waals surface area contributed by atoms with Crippen molar-refractivity contribution in [3.8, 4) is 0 Å². The molecule has 0 aliphatic heterocycles. The highest BCUT2D eigenvalue weighted by Crippen LogP contribution is 2.48. The Morgan fingerprint density at radius 3 is 2.60 bits per heavy atom. The van der Waals surface area contributed by atoms with Crippen LogP contribution in [0.3, 0.4) is 0 Å². The van der Waals surface area contributed by atoms with E-state index >= 15 is 0 Å². The van der Waals surface area contributed by atoms with E-state index in [2.05, 4.69) is 5.32 Å². The van der Waals surface area contributed by atoms with E-state index in [4.69, 9.17) is 9.47 Å². The Hall–Kier alpha value is -2.83. The Morgan fingerprint density at radius 1 is 1.24 bits per heavy atom. The van der Waals surface area contributed by atoms with Crippen molar-refractivity contribution >= 4 is 18.0 Å². The van der Waals surface area contributed by atoms with Crippen LogP contribution in [0.15, 0.2) is 42.5 Å². The standard InChI is InChI=1S/C18H19NO6/c1-2-24-17(23)25-14-12-8-9-13(10-12)18(14,16(21)22)19-15(20)11-6-4-3-5-7-11/h3-9,12-14H,2,10H2,1H3,(H,19,20)(H,21,22)/t12-,13+,14-,18+/m0/s1. The molecule has 25 heavy (non-hydrogen) atoms. The molecule has 1 aromatic carbocycles. The Kier molecular flexibility index (Phi) is 4.48. The van der Waals surface area contributed by atoms with Gasteiger partial charge in [0.1, 0.15) is 6.10 Å². The molecule has 0 radical (unpaired) electrons. The monoisotopic (exact) mass is 345 g/mol. The van der Waals surface area contributed by atoms with Gasteiger partial charge in [0.15, 0.2) is 5.54 Å². The van der Waals surface area contributed by atoms with Gasteiger partial charge < -0.3 is 19.9 Å². The average Bonchev–Trinajstić information content (AvgIpc) is 3.18. The number of carbonyl (C=O) groups excluding carboxylic acids is 2. The Bertz CT molecular complexity index is 716. The van der Waals surface area contributed by atoms with Crippen LogP contribution in [0.25, 0.3) is 0 Å². The highest BCUT2D eigenvalue weighted by molar-refractivity contribution is 5.98. The normalized spacial score (nSPS) is 29.2. The highest BCUT2D eigenvalue weighted by atomic mass is 16.7. The molecule has 3 rings (SSSR count). The number of hydrogen-bond donors (Lipinski definition) is 2. The third kappa shape index (κ3) is 2.86. The molecule has 1 saturated carbocycles. The van der Waals surface area contributed by atoms with Gasteiger partial charge >= 0.3 is 12.1 Å². The van der Waals surface area contributed by atoms with Gasteiger partial charge in [0.25, 0.3) is 5.91 Å². The number of carboxylic acids is 1. The molecular weight excluding hydrogens is 326 g/mol. The molecule has 7 nitrogen and oxygen atoms in total. The van der Waals surface area contributed by atoms with Gasteiger partial charge in [0.2, 0.25) is 0 Å². The second kappa shape index (κ2) is 6.58. The van der Waals surface area contributed by atoms with Crippen molar-refractivity contribution < 1.29 is 29.0 Å². The van der Waals surface area contributed by atoms with Gasteiger partial charge in [-0.2, -0.15) is 0 Å². The van der Waals surface area contributed by atoms with E-state index in [-0.39, 0.29) is 12.5 Å². The summed E-state index contributed by atoms with van der Waals surface area (Å²) in [6.07, 6.45) is 2.12. The minimum atomic E-state index is -1.71. The lowest BCUT2D eigenvalue weighted by atomic mass is 9.81. The van der Waals surface area contributed by atoms with Crippen molar-refractivity contribution in [3.05, 3.63) is 48.0 Å². The number of rotatable bonds is 5. The molecule has 1 aromatic rings. The first kappa shape index (κ1) is 17.0. The first-order valence-electron chi connectivity index (χ1n) is 8.11. The fourth-order valence-electron chi connectivity index (χ4n) is 3.62. The van der Waals surface area contributed by atoms with E-state index < -0.39 is 35.6 Å². The van der Waals surface area contributed by atoms with Crippen LogP contribution in [-0.2, 0) is 14.3 Å². The van der Waals surface area contributed by atoms with Crippen LogP contribution < -0.4 is 5.32 Å². The van der Waals surface area contributed by atoms with E-state index in [1.54, 1.807) is 43.3 Å². The molecule has 1 fully saturated rings. The minimum absolute atomic E-state index is 0.117. The van der Waals surface area contributed by atoms with Crippen LogP contribution >= 0.6 is 0 Å². The number of hydrogen-bond acceptors (Lipinski definition) is 5. The van der Waals surface area contributed by atoms with Gasteiger partial charge in [-0.1, -0.05) is 30.4 Å². The molecule has 2 bridgehead atoms. The second-order valence-electron chi connectivity index (χ2n) is 6.11. The maximum atomic E-state index is 12.6.